The van der Waals surface area contributed by atoms with E-state index in [0.717, 1.165) is 42.0 Å². The number of ketones is 1. The van der Waals surface area contributed by atoms with Gasteiger partial charge in [-0.15, -0.1) is 0 Å². The van der Waals surface area contributed by atoms with Crippen LogP contribution >= 0.6 is 0 Å². The first-order valence-electron chi connectivity index (χ1n) is 11.5. The fourth-order valence-electron chi connectivity index (χ4n) is 4.72. The molecule has 1 fully saturated rings. The predicted octanol–water partition coefficient (Wildman–Crippen LogP) is 4.41. The summed E-state index contributed by atoms with van der Waals surface area (Å²) < 4.78 is 7.61. The molecule has 0 bridgehead atoms. The van der Waals surface area contributed by atoms with Crippen LogP contribution in [0.4, 0.5) is 0 Å². The van der Waals surface area contributed by atoms with Crippen LogP contribution in [0, 0.1) is 33.6 Å². The highest BCUT2D eigenvalue weighted by molar-refractivity contribution is 6.01. The fourth-order valence-corrected chi connectivity index (χ4v) is 4.72. The van der Waals surface area contributed by atoms with Gasteiger partial charge in [0.2, 0.25) is 5.89 Å². The maximum absolute atomic E-state index is 13.9. The van der Waals surface area contributed by atoms with E-state index in [-0.39, 0.29) is 17.7 Å². The average molecular weight is 444 g/mol. The van der Waals surface area contributed by atoms with E-state index < -0.39 is 0 Å². The first kappa shape index (κ1) is 21.5. The monoisotopic (exact) mass is 443 g/mol. The molecular weight excluding hydrogens is 414 g/mol. The molecule has 0 aliphatic carbocycles. The van der Waals surface area contributed by atoms with Crippen LogP contribution in [0.1, 0.15) is 51.4 Å². The Labute approximate surface area is 193 Å². The van der Waals surface area contributed by atoms with E-state index in [1.54, 1.807) is 6.20 Å². The van der Waals surface area contributed by atoms with Gasteiger partial charge in [0.1, 0.15) is 17.6 Å². The van der Waals surface area contributed by atoms with E-state index in [0.29, 0.717) is 23.6 Å². The number of Topliss-reactive ketones (excluding diaryl/α,β-unsaturated/α-hetero) is 1. The number of nitrogens with zero attached hydrogens (tertiary/aromatic N) is 4. The summed E-state index contributed by atoms with van der Waals surface area (Å²) >= 11 is 0. The molecule has 0 aromatic carbocycles. The molecule has 1 aliphatic heterocycles. The van der Waals surface area contributed by atoms with Gasteiger partial charge >= 0.3 is 0 Å². The van der Waals surface area contributed by atoms with Crippen LogP contribution in [0.15, 0.2) is 41.4 Å². The second-order valence-electron chi connectivity index (χ2n) is 9.09. The van der Waals surface area contributed by atoms with Crippen LogP contribution in [-0.4, -0.2) is 37.7 Å². The van der Waals surface area contributed by atoms with Gasteiger partial charge in [0.15, 0.2) is 5.78 Å². The lowest BCUT2D eigenvalue weighted by Crippen LogP contribution is -2.46. The number of pyridine rings is 2. The third-order valence-corrected chi connectivity index (χ3v) is 6.91. The van der Waals surface area contributed by atoms with Crippen LogP contribution in [0.5, 0.6) is 0 Å². The Hall–Kier alpha value is -3.32. The quantitative estimate of drug-likeness (QED) is 0.460. The van der Waals surface area contributed by atoms with E-state index >= 15 is 0 Å². The van der Waals surface area contributed by atoms with Gasteiger partial charge in [0.25, 0.3) is 0 Å². The maximum atomic E-state index is 13.9. The molecule has 0 spiro atoms. The number of aryl methyl sites for hydroxylation is 4. The lowest BCUT2D eigenvalue weighted by molar-refractivity contribution is 0.0853. The number of hydrogen-bond acceptors (Lipinski definition) is 6. The molecule has 5 heterocycles. The van der Waals surface area contributed by atoms with Crippen molar-refractivity contribution in [3.05, 3.63) is 70.8 Å². The highest BCUT2D eigenvalue weighted by Gasteiger charge is 2.34. The van der Waals surface area contributed by atoms with Gasteiger partial charge in [-0.2, -0.15) is 0 Å². The number of piperidine rings is 1. The van der Waals surface area contributed by atoms with Crippen molar-refractivity contribution in [2.75, 3.05) is 6.54 Å². The van der Waals surface area contributed by atoms with Gasteiger partial charge in [-0.1, -0.05) is 0 Å². The second kappa shape index (κ2) is 8.56. The average Bonchev–Trinajstić information content (AvgIpc) is 3.48. The Morgan fingerprint density at radius 2 is 2.06 bits per heavy atom. The molecule has 33 heavy (non-hydrogen) atoms. The Morgan fingerprint density at radius 3 is 2.85 bits per heavy atom. The van der Waals surface area contributed by atoms with Crippen molar-refractivity contribution in [1.82, 2.24) is 24.7 Å². The van der Waals surface area contributed by atoms with Crippen molar-refractivity contribution in [2.24, 2.45) is 5.92 Å². The third-order valence-electron chi connectivity index (χ3n) is 6.91. The van der Waals surface area contributed by atoms with Crippen molar-refractivity contribution >= 4 is 11.4 Å². The SMILES string of the molecule is Cc1cc(-c2ncco2)c(C(=O)C2CCCN[C@H]2Cc2cn3ccc(C)c(C)c3n2)nc1C. The summed E-state index contributed by atoms with van der Waals surface area (Å²) in [6.07, 6.45) is 9.71. The van der Waals surface area contributed by atoms with E-state index in [9.17, 15) is 4.79 Å². The lowest BCUT2D eigenvalue weighted by atomic mass is 9.82. The summed E-state index contributed by atoms with van der Waals surface area (Å²) in [6, 6.07) is 4.06. The minimum Gasteiger partial charge on any atom is -0.444 e. The number of oxazole rings is 1. The number of aromatic nitrogens is 4. The molecule has 4 aromatic rings. The van der Waals surface area contributed by atoms with Gasteiger partial charge in [0, 0.05) is 36.5 Å². The van der Waals surface area contributed by atoms with Crippen LogP contribution < -0.4 is 5.32 Å². The molecule has 7 nitrogen and oxygen atoms in total. The Kier molecular flexibility index (Phi) is 5.58. The van der Waals surface area contributed by atoms with Gasteiger partial charge in [-0.3, -0.25) is 4.79 Å². The number of fused-ring (bicyclic) bond motifs is 1. The van der Waals surface area contributed by atoms with Crippen LogP contribution in [0.25, 0.3) is 17.1 Å². The Morgan fingerprint density at radius 1 is 1.21 bits per heavy atom. The smallest absolute Gasteiger partial charge is 0.228 e. The molecule has 1 N–H and O–H groups in total. The molecule has 1 saturated heterocycles. The fraction of sp³-hybridized carbons (Fsp3) is 0.385. The van der Waals surface area contributed by atoms with Crippen LogP contribution in [-0.2, 0) is 6.42 Å². The first-order chi connectivity index (χ1) is 15.9. The number of carbonyl (C=O) groups is 1. The van der Waals surface area contributed by atoms with Crippen LogP contribution in [0.3, 0.4) is 0 Å². The minimum absolute atomic E-state index is 0.00150. The number of hydrogen-bond donors (Lipinski definition) is 1. The minimum atomic E-state index is -0.185. The molecule has 1 unspecified atom stereocenters. The zero-order valence-corrected chi connectivity index (χ0v) is 19.6. The van der Waals surface area contributed by atoms with E-state index in [1.807, 2.05) is 26.1 Å². The molecular formula is C26H29N5O2. The summed E-state index contributed by atoms with van der Waals surface area (Å²) in [6.45, 7) is 9.02. The summed E-state index contributed by atoms with van der Waals surface area (Å²) in [5.41, 5.74) is 7.34. The van der Waals surface area contributed by atoms with Crippen molar-refractivity contribution in [2.45, 2.75) is 53.0 Å². The third kappa shape index (κ3) is 3.97. The topological polar surface area (TPSA) is 85.3 Å². The Balaban J connectivity index is 1.48. The number of carbonyl (C=O) groups excluding carboxylic acids is 1. The Bertz CT molecular complexity index is 1320. The lowest BCUT2D eigenvalue weighted by Gasteiger charge is -2.31. The van der Waals surface area contributed by atoms with E-state index in [1.165, 1.54) is 17.4 Å². The summed E-state index contributed by atoms with van der Waals surface area (Å²) in [4.78, 5) is 27.7. The van der Waals surface area contributed by atoms with Gasteiger partial charge in [-0.05, 0) is 75.9 Å². The highest BCUT2D eigenvalue weighted by Crippen LogP contribution is 2.30. The predicted molar refractivity (Wildman–Crippen MR) is 126 cm³/mol. The van der Waals surface area contributed by atoms with Crippen LogP contribution in [0.2, 0.25) is 0 Å². The van der Waals surface area contributed by atoms with Gasteiger partial charge < -0.3 is 14.1 Å². The molecule has 4 aromatic heterocycles. The number of imidazole rings is 1. The summed E-state index contributed by atoms with van der Waals surface area (Å²) in [5.74, 6) is 0.287. The molecule has 0 amide bonds. The summed E-state index contributed by atoms with van der Waals surface area (Å²) in [5, 5.41) is 3.58. The zero-order valence-electron chi connectivity index (χ0n) is 19.6. The standard InChI is InChI=1S/C26H29N5O2/c1-15-7-10-31-14-19(30-25(31)17(15)3)13-22-20(6-5-8-27-22)24(32)23-21(26-28-9-11-33-26)12-16(2)18(4)29-23/h7,9-12,14,20,22,27H,5-6,8,13H2,1-4H3/t20?,22-/m0/s1. The largest absolute Gasteiger partial charge is 0.444 e. The molecule has 2 atom stereocenters. The van der Waals surface area contributed by atoms with E-state index in [2.05, 4.69) is 40.8 Å². The zero-order chi connectivity index (χ0) is 23.1. The van der Waals surface area contributed by atoms with Crippen molar-refractivity contribution in [3.63, 3.8) is 0 Å². The van der Waals surface area contributed by atoms with E-state index in [4.69, 9.17) is 14.4 Å². The van der Waals surface area contributed by atoms with Crippen molar-refractivity contribution in [1.29, 1.82) is 0 Å². The van der Waals surface area contributed by atoms with Gasteiger partial charge in [0.05, 0.1) is 17.5 Å². The molecule has 7 heteroatoms. The summed E-state index contributed by atoms with van der Waals surface area (Å²) in [7, 11) is 0. The molecule has 5 rings (SSSR count). The van der Waals surface area contributed by atoms with Crippen molar-refractivity contribution in [3.8, 4) is 11.5 Å². The second-order valence-corrected chi connectivity index (χ2v) is 9.09. The highest BCUT2D eigenvalue weighted by atomic mass is 16.3. The number of rotatable bonds is 5. The molecule has 170 valence electrons. The van der Waals surface area contributed by atoms with Gasteiger partial charge in [-0.25, -0.2) is 15.0 Å². The van der Waals surface area contributed by atoms with Crippen molar-refractivity contribution < 1.29 is 9.21 Å². The normalized spacial score (nSPS) is 18.7. The maximum Gasteiger partial charge on any atom is 0.228 e. The first-order valence-corrected chi connectivity index (χ1v) is 11.5. The molecule has 1 aliphatic rings. The molecule has 0 radical (unpaired) electrons. The number of nitrogens with one attached hydrogen (secondary N) is 1. The molecule has 0 saturated carbocycles.